The maximum atomic E-state index is 13.8. The van der Waals surface area contributed by atoms with E-state index in [9.17, 15) is 13.6 Å². The first-order chi connectivity index (χ1) is 15.8. The van der Waals surface area contributed by atoms with Crippen molar-refractivity contribution in [1.82, 2.24) is 14.8 Å². The first kappa shape index (κ1) is 22.4. The molecule has 0 radical (unpaired) electrons. The van der Waals surface area contributed by atoms with E-state index in [1.165, 1.54) is 25.3 Å². The summed E-state index contributed by atoms with van der Waals surface area (Å²) in [6.07, 6.45) is 0.541. The molecule has 8 heteroatoms. The van der Waals surface area contributed by atoms with E-state index in [4.69, 9.17) is 4.74 Å². The normalized spacial score (nSPS) is 11.1. The van der Waals surface area contributed by atoms with E-state index in [0.717, 1.165) is 22.2 Å². The molecule has 0 atom stereocenters. The fraction of sp³-hybridized carbons (Fsp3) is 0.240. The molecule has 0 aliphatic rings. The summed E-state index contributed by atoms with van der Waals surface area (Å²) < 4.78 is 34.7. The van der Waals surface area contributed by atoms with Crippen molar-refractivity contribution in [3.05, 3.63) is 76.5 Å². The molecule has 4 aromatic rings. The summed E-state index contributed by atoms with van der Waals surface area (Å²) in [6, 6.07) is 10.7. The van der Waals surface area contributed by atoms with Crippen molar-refractivity contribution in [2.75, 3.05) is 12.4 Å². The lowest BCUT2D eigenvalue weighted by Gasteiger charge is -2.13. The van der Waals surface area contributed by atoms with Gasteiger partial charge >= 0.3 is 0 Å². The summed E-state index contributed by atoms with van der Waals surface area (Å²) in [4.78, 5) is 17.1. The molecule has 0 saturated heterocycles. The number of hydrogen-bond donors (Lipinski definition) is 1. The van der Waals surface area contributed by atoms with Gasteiger partial charge in [-0.1, -0.05) is 12.1 Å². The first-order valence-electron chi connectivity index (χ1n) is 10.5. The van der Waals surface area contributed by atoms with E-state index in [-0.39, 0.29) is 24.0 Å². The van der Waals surface area contributed by atoms with Gasteiger partial charge in [-0.25, -0.2) is 13.5 Å². The minimum atomic E-state index is -0.370. The second-order valence-electron chi connectivity index (χ2n) is 7.91. The number of aryl methyl sites for hydroxylation is 3. The van der Waals surface area contributed by atoms with Gasteiger partial charge in [0.2, 0.25) is 11.8 Å². The molecule has 170 valence electrons. The van der Waals surface area contributed by atoms with Gasteiger partial charge in [0, 0.05) is 23.1 Å². The Morgan fingerprint density at radius 1 is 1.12 bits per heavy atom. The van der Waals surface area contributed by atoms with Gasteiger partial charge in [-0.05, 0) is 68.7 Å². The van der Waals surface area contributed by atoms with E-state index in [1.54, 1.807) is 35.9 Å². The van der Waals surface area contributed by atoms with Crippen LogP contribution >= 0.6 is 0 Å². The van der Waals surface area contributed by atoms with Crippen LogP contribution in [0, 0.1) is 32.4 Å². The Balaban J connectivity index is 1.64. The molecule has 0 fully saturated rings. The highest BCUT2D eigenvalue weighted by Crippen LogP contribution is 2.32. The summed E-state index contributed by atoms with van der Waals surface area (Å²) in [5.41, 5.74) is 4.45. The van der Waals surface area contributed by atoms with E-state index in [1.807, 2.05) is 13.8 Å². The van der Waals surface area contributed by atoms with Gasteiger partial charge in [0.15, 0.2) is 5.65 Å². The van der Waals surface area contributed by atoms with Crippen LogP contribution in [0.5, 0.6) is 5.88 Å². The van der Waals surface area contributed by atoms with Gasteiger partial charge in [-0.2, -0.15) is 10.1 Å². The minimum absolute atomic E-state index is 0.164. The number of methoxy groups -OCH3 is 1. The third-order valence-electron chi connectivity index (χ3n) is 5.63. The molecular formula is C25H24F2N4O2. The molecule has 0 unspecified atom stereocenters. The number of halogens is 2. The molecule has 2 heterocycles. The van der Waals surface area contributed by atoms with Crippen molar-refractivity contribution in [3.8, 4) is 11.6 Å². The van der Waals surface area contributed by atoms with Crippen molar-refractivity contribution in [3.63, 3.8) is 0 Å². The van der Waals surface area contributed by atoms with Gasteiger partial charge in [0.25, 0.3) is 0 Å². The number of amides is 1. The van der Waals surface area contributed by atoms with Gasteiger partial charge < -0.3 is 10.1 Å². The number of benzene rings is 2. The molecule has 2 aromatic heterocycles. The Hall–Kier alpha value is -3.81. The molecule has 1 N–H and O–H groups in total. The zero-order valence-corrected chi connectivity index (χ0v) is 18.9. The zero-order valence-electron chi connectivity index (χ0n) is 18.9. The molecule has 2 aromatic carbocycles. The fourth-order valence-electron chi connectivity index (χ4n) is 3.92. The molecule has 4 rings (SSSR count). The number of carbonyl (C=O) groups is 1. The molecule has 0 aliphatic carbocycles. The van der Waals surface area contributed by atoms with Gasteiger partial charge in [0.05, 0.1) is 18.5 Å². The van der Waals surface area contributed by atoms with E-state index in [0.29, 0.717) is 34.9 Å². The topological polar surface area (TPSA) is 69.0 Å². The van der Waals surface area contributed by atoms with E-state index in [2.05, 4.69) is 15.4 Å². The molecule has 33 heavy (non-hydrogen) atoms. The second kappa shape index (κ2) is 8.97. The lowest BCUT2D eigenvalue weighted by Crippen LogP contribution is -2.13. The van der Waals surface area contributed by atoms with Gasteiger partial charge in [-0.3, -0.25) is 4.79 Å². The molecule has 6 nitrogen and oxygen atoms in total. The number of fused-ring (bicyclic) bond motifs is 1. The summed E-state index contributed by atoms with van der Waals surface area (Å²) in [5.74, 6) is -0.599. The van der Waals surface area contributed by atoms with Crippen LogP contribution in [0.25, 0.3) is 16.7 Å². The van der Waals surface area contributed by atoms with E-state index >= 15 is 0 Å². The number of aromatic nitrogens is 3. The van der Waals surface area contributed by atoms with Crippen LogP contribution in [-0.4, -0.2) is 27.8 Å². The Kier molecular flexibility index (Phi) is 6.09. The molecule has 0 aliphatic heterocycles. The molecule has 0 spiro atoms. The third-order valence-corrected chi connectivity index (χ3v) is 5.63. The van der Waals surface area contributed by atoms with Crippen molar-refractivity contribution in [2.24, 2.45) is 0 Å². The maximum Gasteiger partial charge on any atom is 0.224 e. The van der Waals surface area contributed by atoms with Crippen LogP contribution in [-0.2, 0) is 11.2 Å². The van der Waals surface area contributed by atoms with Crippen molar-refractivity contribution in [2.45, 2.75) is 33.6 Å². The highest BCUT2D eigenvalue weighted by atomic mass is 19.1. The third kappa shape index (κ3) is 4.41. The second-order valence-corrected chi connectivity index (χ2v) is 7.91. The Bertz CT molecular complexity index is 1360. The standard InChI is InChI=1S/C25H24F2N4O2/c1-14-8-9-18(13-21(14)27)28-22(32)11-10-20-15(2)23-16(3)30-31(24(23)29-25(20)33-4)19-7-5-6-17(26)12-19/h5-9,12-13H,10-11H2,1-4H3,(H,28,32). The van der Waals surface area contributed by atoms with Crippen molar-refractivity contribution in [1.29, 1.82) is 0 Å². The quantitative estimate of drug-likeness (QED) is 0.438. The van der Waals surface area contributed by atoms with Crippen LogP contribution in [0.15, 0.2) is 42.5 Å². The lowest BCUT2D eigenvalue weighted by atomic mass is 10.0. The zero-order chi connectivity index (χ0) is 23.7. The van der Waals surface area contributed by atoms with Gasteiger partial charge in [0.1, 0.15) is 11.6 Å². The summed E-state index contributed by atoms with van der Waals surface area (Å²) in [5, 5.41) is 8.12. The monoisotopic (exact) mass is 450 g/mol. The summed E-state index contributed by atoms with van der Waals surface area (Å²) in [6.45, 7) is 5.46. The van der Waals surface area contributed by atoms with Crippen LogP contribution in [0.2, 0.25) is 0 Å². The molecule has 0 saturated carbocycles. The lowest BCUT2D eigenvalue weighted by molar-refractivity contribution is -0.116. The minimum Gasteiger partial charge on any atom is -0.481 e. The maximum absolute atomic E-state index is 13.8. The average Bonchev–Trinajstić information content (AvgIpc) is 3.12. The Morgan fingerprint density at radius 3 is 2.61 bits per heavy atom. The number of carbonyl (C=O) groups excluding carboxylic acids is 1. The van der Waals surface area contributed by atoms with Crippen LogP contribution in [0.3, 0.4) is 0 Å². The highest BCUT2D eigenvalue weighted by molar-refractivity contribution is 5.91. The number of nitrogens with zero attached hydrogens (tertiary/aromatic N) is 3. The molecule has 0 bridgehead atoms. The number of rotatable bonds is 6. The predicted octanol–water partition coefficient (Wildman–Crippen LogP) is 5.20. The number of pyridine rings is 1. The number of nitrogens with one attached hydrogen (secondary N) is 1. The van der Waals surface area contributed by atoms with Crippen molar-refractivity contribution < 1.29 is 18.3 Å². The predicted molar refractivity (Wildman–Crippen MR) is 123 cm³/mol. The fourth-order valence-corrected chi connectivity index (χ4v) is 3.92. The number of anilines is 1. The van der Waals surface area contributed by atoms with Crippen LogP contribution < -0.4 is 10.1 Å². The number of hydrogen-bond acceptors (Lipinski definition) is 4. The largest absolute Gasteiger partial charge is 0.481 e. The first-order valence-corrected chi connectivity index (χ1v) is 10.5. The van der Waals surface area contributed by atoms with Crippen molar-refractivity contribution >= 4 is 22.6 Å². The number of ether oxygens (including phenoxy) is 1. The van der Waals surface area contributed by atoms with E-state index < -0.39 is 0 Å². The summed E-state index contributed by atoms with van der Waals surface area (Å²) >= 11 is 0. The SMILES string of the molecule is COc1nc2c(c(C)nn2-c2cccc(F)c2)c(C)c1CCC(=O)Nc1ccc(C)c(F)c1. The van der Waals surface area contributed by atoms with Gasteiger partial charge in [-0.15, -0.1) is 0 Å². The Morgan fingerprint density at radius 2 is 1.91 bits per heavy atom. The Labute approximate surface area is 190 Å². The molecule has 1 amide bonds. The van der Waals surface area contributed by atoms with Crippen LogP contribution in [0.1, 0.15) is 28.8 Å². The summed E-state index contributed by atoms with van der Waals surface area (Å²) in [7, 11) is 1.52. The highest BCUT2D eigenvalue weighted by Gasteiger charge is 2.20. The molecular weight excluding hydrogens is 426 g/mol. The average molecular weight is 450 g/mol. The van der Waals surface area contributed by atoms with Crippen LogP contribution in [0.4, 0.5) is 14.5 Å². The smallest absolute Gasteiger partial charge is 0.224 e.